The van der Waals surface area contributed by atoms with Crippen molar-refractivity contribution in [3.63, 3.8) is 0 Å². The first-order chi connectivity index (χ1) is 10.8. The summed E-state index contributed by atoms with van der Waals surface area (Å²) in [6, 6.07) is 5.11. The molecular weight excluding hydrogens is 274 g/mol. The maximum atomic E-state index is 5.99. The molecule has 2 atom stereocenters. The maximum absolute atomic E-state index is 5.99. The molecule has 0 aromatic carbocycles. The van der Waals surface area contributed by atoms with Crippen molar-refractivity contribution < 1.29 is 4.74 Å². The lowest BCUT2D eigenvalue weighted by atomic mass is 10.1. The third kappa shape index (κ3) is 4.20. The van der Waals surface area contributed by atoms with Crippen LogP contribution in [0.1, 0.15) is 49.8 Å². The van der Waals surface area contributed by atoms with E-state index in [1.807, 2.05) is 7.05 Å². The van der Waals surface area contributed by atoms with Gasteiger partial charge >= 0.3 is 0 Å². The summed E-state index contributed by atoms with van der Waals surface area (Å²) in [6.07, 6.45) is 9.86. The lowest BCUT2D eigenvalue weighted by Gasteiger charge is -2.17. The minimum atomic E-state index is 0.475. The molecule has 0 amide bonds. The highest BCUT2D eigenvalue weighted by molar-refractivity contribution is 5.46. The van der Waals surface area contributed by atoms with E-state index in [1.54, 1.807) is 0 Å². The maximum Gasteiger partial charge on any atom is 0.129 e. The number of anilines is 1. The molecule has 122 valence electrons. The molecule has 1 aromatic rings. The van der Waals surface area contributed by atoms with Gasteiger partial charge in [0.15, 0.2) is 0 Å². The highest BCUT2D eigenvalue weighted by atomic mass is 16.5. The van der Waals surface area contributed by atoms with Crippen LogP contribution in [0.25, 0.3) is 0 Å². The lowest BCUT2D eigenvalue weighted by Crippen LogP contribution is -2.22. The molecule has 22 heavy (non-hydrogen) atoms. The average Bonchev–Trinajstić information content (AvgIpc) is 3.02. The van der Waals surface area contributed by atoms with Crippen molar-refractivity contribution in [3.05, 3.63) is 23.4 Å². The van der Waals surface area contributed by atoms with Gasteiger partial charge in [-0.15, -0.1) is 0 Å². The summed E-state index contributed by atoms with van der Waals surface area (Å²) in [5.41, 5.74) is 2.59. The van der Waals surface area contributed by atoms with Gasteiger partial charge in [-0.3, -0.25) is 0 Å². The molecule has 1 aromatic heterocycles. The number of fused-ring (bicyclic) bond motifs is 1. The molecule has 1 saturated carbocycles. The standard InChI is InChI=1S/C18H29N3O/c1-19-16-9-10-17(13-16)22-12-3-2-6-15-8-7-14-5-4-11-20-18(14)21-15/h7-8,16-17,19H,2-6,9-13H2,1H3,(H,20,21)/t16-,17-/m0/s1. The van der Waals surface area contributed by atoms with Crippen LogP contribution in [0.5, 0.6) is 0 Å². The van der Waals surface area contributed by atoms with Gasteiger partial charge in [0, 0.05) is 24.9 Å². The average molecular weight is 303 g/mol. The van der Waals surface area contributed by atoms with Gasteiger partial charge < -0.3 is 15.4 Å². The number of hydrogen-bond donors (Lipinski definition) is 2. The van der Waals surface area contributed by atoms with Crippen LogP contribution in [-0.2, 0) is 17.6 Å². The number of aromatic nitrogens is 1. The summed E-state index contributed by atoms with van der Waals surface area (Å²) in [6.45, 7) is 1.95. The van der Waals surface area contributed by atoms with Gasteiger partial charge in [-0.25, -0.2) is 4.98 Å². The Bertz CT molecular complexity index is 477. The van der Waals surface area contributed by atoms with Crippen molar-refractivity contribution in [2.75, 3.05) is 25.5 Å². The summed E-state index contributed by atoms with van der Waals surface area (Å²) in [5.74, 6) is 1.11. The molecule has 0 saturated heterocycles. The first-order valence-corrected chi connectivity index (χ1v) is 8.86. The molecule has 2 N–H and O–H groups in total. The SMILES string of the molecule is CN[C@H]1CC[C@H](OCCCCc2ccc3c(n2)NCCC3)C1. The molecule has 2 aliphatic rings. The highest BCUT2D eigenvalue weighted by Gasteiger charge is 2.23. The Morgan fingerprint density at radius 3 is 3.14 bits per heavy atom. The smallest absolute Gasteiger partial charge is 0.129 e. The van der Waals surface area contributed by atoms with E-state index < -0.39 is 0 Å². The monoisotopic (exact) mass is 303 g/mol. The molecule has 1 aliphatic heterocycles. The van der Waals surface area contributed by atoms with E-state index in [0.717, 1.165) is 38.2 Å². The Morgan fingerprint density at radius 1 is 1.32 bits per heavy atom. The highest BCUT2D eigenvalue weighted by Crippen LogP contribution is 2.22. The molecule has 0 radical (unpaired) electrons. The van der Waals surface area contributed by atoms with Gasteiger partial charge in [-0.2, -0.15) is 0 Å². The van der Waals surface area contributed by atoms with Gasteiger partial charge in [0.25, 0.3) is 0 Å². The Hall–Kier alpha value is -1.13. The number of nitrogens with zero attached hydrogens (tertiary/aromatic N) is 1. The van der Waals surface area contributed by atoms with Gasteiger partial charge in [-0.05, 0) is 70.0 Å². The predicted octanol–water partition coefficient (Wildman–Crippen LogP) is 2.92. The topological polar surface area (TPSA) is 46.2 Å². The van der Waals surface area contributed by atoms with Crippen molar-refractivity contribution in [2.24, 2.45) is 0 Å². The van der Waals surface area contributed by atoms with Crippen molar-refractivity contribution in [2.45, 2.75) is 63.5 Å². The van der Waals surface area contributed by atoms with E-state index in [0.29, 0.717) is 12.1 Å². The first-order valence-electron chi connectivity index (χ1n) is 8.86. The molecule has 0 bridgehead atoms. The zero-order chi connectivity index (χ0) is 15.2. The Balaban J connectivity index is 1.33. The fraction of sp³-hybridized carbons (Fsp3) is 0.722. The predicted molar refractivity (Wildman–Crippen MR) is 90.4 cm³/mol. The molecule has 1 fully saturated rings. The van der Waals surface area contributed by atoms with E-state index >= 15 is 0 Å². The molecule has 2 heterocycles. The van der Waals surface area contributed by atoms with Crippen LogP contribution in [0.15, 0.2) is 12.1 Å². The van der Waals surface area contributed by atoms with Crippen LogP contribution in [0.4, 0.5) is 5.82 Å². The number of ether oxygens (including phenoxy) is 1. The Morgan fingerprint density at radius 2 is 2.27 bits per heavy atom. The molecule has 4 heteroatoms. The fourth-order valence-corrected chi connectivity index (χ4v) is 3.52. The molecular formula is C18H29N3O. The molecule has 4 nitrogen and oxygen atoms in total. The van der Waals surface area contributed by atoms with Crippen molar-refractivity contribution in [3.8, 4) is 0 Å². The first kappa shape index (κ1) is 15.8. The number of nitrogens with one attached hydrogen (secondary N) is 2. The quantitative estimate of drug-likeness (QED) is 0.760. The van der Waals surface area contributed by atoms with E-state index in [-0.39, 0.29) is 0 Å². The van der Waals surface area contributed by atoms with E-state index in [1.165, 1.54) is 43.4 Å². The van der Waals surface area contributed by atoms with E-state index in [4.69, 9.17) is 9.72 Å². The van der Waals surface area contributed by atoms with Gasteiger partial charge in [0.1, 0.15) is 5.82 Å². The van der Waals surface area contributed by atoms with Crippen molar-refractivity contribution in [1.29, 1.82) is 0 Å². The van der Waals surface area contributed by atoms with Gasteiger partial charge in [0.05, 0.1) is 6.10 Å². The second kappa shape index (κ2) is 7.93. The zero-order valence-corrected chi connectivity index (χ0v) is 13.7. The molecule has 3 rings (SSSR count). The van der Waals surface area contributed by atoms with Crippen LogP contribution in [0.3, 0.4) is 0 Å². The third-order valence-electron chi connectivity index (χ3n) is 4.93. The van der Waals surface area contributed by atoms with E-state index in [2.05, 4.69) is 22.8 Å². The van der Waals surface area contributed by atoms with E-state index in [9.17, 15) is 0 Å². The largest absolute Gasteiger partial charge is 0.378 e. The molecule has 0 unspecified atom stereocenters. The van der Waals surface area contributed by atoms with Crippen LogP contribution in [-0.4, -0.2) is 37.3 Å². The van der Waals surface area contributed by atoms with Crippen LogP contribution in [0.2, 0.25) is 0 Å². The third-order valence-corrected chi connectivity index (χ3v) is 4.93. The minimum absolute atomic E-state index is 0.475. The summed E-state index contributed by atoms with van der Waals surface area (Å²) < 4.78 is 5.99. The van der Waals surface area contributed by atoms with Crippen molar-refractivity contribution >= 4 is 5.82 Å². The second-order valence-corrected chi connectivity index (χ2v) is 6.59. The van der Waals surface area contributed by atoms with Gasteiger partial charge in [-0.1, -0.05) is 6.07 Å². The summed E-state index contributed by atoms with van der Waals surface area (Å²) in [7, 11) is 2.05. The number of pyridine rings is 1. The number of rotatable bonds is 7. The van der Waals surface area contributed by atoms with Crippen molar-refractivity contribution in [1.82, 2.24) is 10.3 Å². The summed E-state index contributed by atoms with van der Waals surface area (Å²) in [4.78, 5) is 4.75. The number of aryl methyl sites for hydroxylation is 2. The lowest BCUT2D eigenvalue weighted by molar-refractivity contribution is 0.0545. The summed E-state index contributed by atoms with van der Waals surface area (Å²) >= 11 is 0. The minimum Gasteiger partial charge on any atom is -0.378 e. The zero-order valence-electron chi connectivity index (χ0n) is 13.7. The second-order valence-electron chi connectivity index (χ2n) is 6.59. The number of unbranched alkanes of at least 4 members (excludes halogenated alkanes) is 1. The van der Waals surface area contributed by atoms with Gasteiger partial charge in [0.2, 0.25) is 0 Å². The normalized spacial score (nSPS) is 24.0. The molecule has 1 aliphatic carbocycles. The van der Waals surface area contributed by atoms with Crippen LogP contribution < -0.4 is 10.6 Å². The Labute approximate surface area is 134 Å². The van der Waals surface area contributed by atoms with Crippen LogP contribution >= 0.6 is 0 Å². The number of hydrogen-bond acceptors (Lipinski definition) is 4. The Kier molecular flexibility index (Phi) is 5.68. The molecule has 0 spiro atoms. The fourth-order valence-electron chi connectivity index (χ4n) is 3.52. The van der Waals surface area contributed by atoms with Crippen LogP contribution in [0, 0.1) is 0 Å². The summed E-state index contributed by atoms with van der Waals surface area (Å²) in [5, 5.41) is 6.76.